The normalized spacial score (nSPS) is 12.5. The van der Waals surface area contributed by atoms with Crippen molar-refractivity contribution in [2.45, 2.75) is 12.3 Å². The van der Waals surface area contributed by atoms with Gasteiger partial charge in [0.15, 0.2) is 10.7 Å². The molecular formula is C11H10N2O4S. The van der Waals surface area contributed by atoms with Gasteiger partial charge in [-0.15, -0.1) is 12.6 Å². The monoisotopic (exact) mass is 266 g/mol. The fourth-order valence-electron chi connectivity index (χ4n) is 1.56. The van der Waals surface area contributed by atoms with Crippen molar-refractivity contribution >= 4 is 40.5 Å². The molecule has 94 valence electrons. The Morgan fingerprint density at radius 3 is 2.83 bits per heavy atom. The number of benzene rings is 1. The Morgan fingerprint density at radius 1 is 1.50 bits per heavy atom. The number of oxazole rings is 1. The van der Waals surface area contributed by atoms with Gasteiger partial charge in [0.25, 0.3) is 0 Å². The maximum absolute atomic E-state index is 11.1. The van der Waals surface area contributed by atoms with E-state index in [-0.39, 0.29) is 12.3 Å². The zero-order valence-corrected chi connectivity index (χ0v) is 10.1. The number of fused-ring (bicyclic) bond motifs is 1. The second kappa shape index (κ2) is 4.69. The van der Waals surface area contributed by atoms with E-state index in [9.17, 15) is 9.59 Å². The molecule has 0 saturated heterocycles. The number of aliphatic carboxylic acids is 1. The van der Waals surface area contributed by atoms with E-state index in [0.717, 1.165) is 0 Å². The van der Waals surface area contributed by atoms with Gasteiger partial charge in [-0.05, 0) is 12.1 Å². The van der Waals surface area contributed by atoms with Crippen molar-refractivity contribution in [1.82, 2.24) is 4.98 Å². The fraction of sp³-hybridized carbons (Fsp3) is 0.182. The Bertz CT molecular complexity index is 623. The average Bonchev–Trinajstić information content (AvgIpc) is 2.67. The predicted octanol–water partition coefficient (Wildman–Crippen LogP) is 1.42. The molecule has 0 radical (unpaired) electrons. The van der Waals surface area contributed by atoms with Gasteiger partial charge in [0.1, 0.15) is 11.4 Å². The summed E-state index contributed by atoms with van der Waals surface area (Å²) in [5, 5.41) is 8.51. The average molecular weight is 266 g/mol. The smallest absolute Gasteiger partial charge is 0.316 e. The quantitative estimate of drug-likeness (QED) is 0.571. The van der Waals surface area contributed by atoms with Crippen LogP contribution in [0.1, 0.15) is 18.2 Å². The topological polar surface area (TPSA) is 106 Å². The molecule has 0 fully saturated rings. The highest BCUT2D eigenvalue weighted by Crippen LogP contribution is 2.26. The molecule has 6 nitrogen and oxygen atoms in total. The lowest BCUT2D eigenvalue weighted by Crippen LogP contribution is -2.14. The van der Waals surface area contributed by atoms with Crippen molar-refractivity contribution in [2.24, 2.45) is 0 Å². The first-order valence-electron chi connectivity index (χ1n) is 5.08. The molecule has 0 saturated carbocycles. The summed E-state index contributed by atoms with van der Waals surface area (Å²) in [4.78, 5) is 26.0. The summed E-state index contributed by atoms with van der Waals surface area (Å²) >= 11 is 3.57. The lowest BCUT2D eigenvalue weighted by Gasteiger charge is -2.04. The van der Waals surface area contributed by atoms with Crippen molar-refractivity contribution in [1.29, 1.82) is 0 Å². The highest BCUT2D eigenvalue weighted by molar-refractivity contribution is 7.96. The summed E-state index contributed by atoms with van der Waals surface area (Å²) in [6.07, 6.45) is -0.277. The van der Waals surface area contributed by atoms with Crippen LogP contribution in [-0.2, 0) is 9.59 Å². The molecule has 1 unspecified atom stereocenters. The largest absolute Gasteiger partial charge is 0.481 e. The number of thiol groups is 1. The lowest BCUT2D eigenvalue weighted by atomic mass is 10.1. The number of carbonyl (C=O) groups excluding carboxylic acids is 1. The Labute approximate surface area is 107 Å². The summed E-state index contributed by atoms with van der Waals surface area (Å²) < 4.78 is 5.32. The first kappa shape index (κ1) is 12.4. The number of nitrogens with zero attached hydrogens (tertiary/aromatic N) is 1. The van der Waals surface area contributed by atoms with Gasteiger partial charge in [-0.2, -0.15) is 0 Å². The molecule has 1 aromatic carbocycles. The molecule has 0 amide bonds. The van der Waals surface area contributed by atoms with Crippen LogP contribution in [0.5, 0.6) is 0 Å². The standard InChI is InChI=1S/C11H10N2O4S/c12-5-1-2-7-8(3-5)17-10(13-7)6(11(15)16)4-9(14)18/h1-3,6H,4,12H2,(H,14,18)(H,15,16). The molecule has 0 aliphatic heterocycles. The van der Waals surface area contributed by atoms with E-state index < -0.39 is 17.0 Å². The highest BCUT2D eigenvalue weighted by atomic mass is 32.1. The van der Waals surface area contributed by atoms with Crippen LogP contribution in [0.3, 0.4) is 0 Å². The van der Waals surface area contributed by atoms with E-state index in [1.54, 1.807) is 18.2 Å². The number of carboxylic acid groups (broad SMARTS) is 1. The Morgan fingerprint density at radius 2 is 2.22 bits per heavy atom. The SMILES string of the molecule is Nc1ccc2nc(C(CC(=O)S)C(=O)O)oc2c1. The summed E-state index contributed by atoms with van der Waals surface area (Å²) in [5.41, 5.74) is 6.96. The number of carboxylic acids is 1. The number of carbonyl (C=O) groups is 2. The van der Waals surface area contributed by atoms with E-state index in [0.29, 0.717) is 16.8 Å². The van der Waals surface area contributed by atoms with Gasteiger partial charge in [-0.25, -0.2) is 4.98 Å². The van der Waals surface area contributed by atoms with Gasteiger partial charge in [0, 0.05) is 18.2 Å². The zero-order valence-electron chi connectivity index (χ0n) is 9.16. The van der Waals surface area contributed by atoms with E-state index in [1.807, 2.05) is 0 Å². The maximum atomic E-state index is 11.1. The fourth-order valence-corrected chi connectivity index (χ4v) is 1.75. The van der Waals surface area contributed by atoms with Crippen LogP contribution >= 0.6 is 12.6 Å². The molecule has 0 aliphatic carbocycles. The number of rotatable bonds is 4. The van der Waals surface area contributed by atoms with E-state index in [1.165, 1.54) is 0 Å². The summed E-state index contributed by atoms with van der Waals surface area (Å²) in [6.45, 7) is 0. The maximum Gasteiger partial charge on any atom is 0.316 e. The van der Waals surface area contributed by atoms with Gasteiger partial charge in [-0.3, -0.25) is 9.59 Å². The molecule has 7 heteroatoms. The minimum Gasteiger partial charge on any atom is -0.481 e. The second-order valence-corrected chi connectivity index (χ2v) is 4.27. The molecule has 3 N–H and O–H groups in total. The third kappa shape index (κ3) is 2.45. The molecule has 1 aromatic heterocycles. The lowest BCUT2D eigenvalue weighted by molar-refractivity contribution is -0.140. The predicted molar refractivity (Wildman–Crippen MR) is 67.4 cm³/mol. The molecule has 2 rings (SSSR count). The second-order valence-electron chi connectivity index (χ2n) is 3.77. The number of hydrogen-bond donors (Lipinski definition) is 3. The summed E-state index contributed by atoms with van der Waals surface area (Å²) in [6, 6.07) is 4.81. The summed E-state index contributed by atoms with van der Waals surface area (Å²) in [5.74, 6) is -2.34. The van der Waals surface area contributed by atoms with E-state index in [2.05, 4.69) is 17.6 Å². The molecule has 1 atom stereocenters. The van der Waals surface area contributed by atoms with E-state index in [4.69, 9.17) is 15.3 Å². The summed E-state index contributed by atoms with van der Waals surface area (Å²) in [7, 11) is 0. The molecule has 0 bridgehead atoms. The van der Waals surface area contributed by atoms with Crippen LogP contribution in [0.25, 0.3) is 11.1 Å². The van der Waals surface area contributed by atoms with Gasteiger partial charge in [-0.1, -0.05) is 0 Å². The third-order valence-electron chi connectivity index (χ3n) is 2.40. The first-order valence-corrected chi connectivity index (χ1v) is 5.52. The van der Waals surface area contributed by atoms with Crippen molar-refractivity contribution in [3.63, 3.8) is 0 Å². The van der Waals surface area contributed by atoms with Crippen LogP contribution in [0.15, 0.2) is 22.6 Å². The molecule has 0 spiro atoms. The van der Waals surface area contributed by atoms with Crippen molar-refractivity contribution in [2.75, 3.05) is 5.73 Å². The molecule has 1 heterocycles. The molecule has 18 heavy (non-hydrogen) atoms. The van der Waals surface area contributed by atoms with Crippen LogP contribution < -0.4 is 5.73 Å². The van der Waals surface area contributed by atoms with E-state index >= 15 is 0 Å². The molecular weight excluding hydrogens is 256 g/mol. The number of anilines is 1. The number of aromatic nitrogens is 1. The van der Waals surface area contributed by atoms with Crippen LogP contribution in [0.2, 0.25) is 0 Å². The van der Waals surface area contributed by atoms with Gasteiger partial charge in [0.05, 0.1) is 0 Å². The Kier molecular flexibility index (Phi) is 3.24. The van der Waals surface area contributed by atoms with Gasteiger partial charge >= 0.3 is 5.97 Å². The molecule has 2 aromatic rings. The van der Waals surface area contributed by atoms with Crippen LogP contribution in [0, 0.1) is 0 Å². The highest BCUT2D eigenvalue weighted by Gasteiger charge is 2.27. The number of nitrogens with two attached hydrogens (primary N) is 1. The first-order chi connectivity index (χ1) is 8.47. The van der Waals surface area contributed by atoms with Gasteiger partial charge in [0.2, 0.25) is 5.89 Å². The number of nitrogen functional groups attached to an aromatic ring is 1. The van der Waals surface area contributed by atoms with Crippen LogP contribution in [0.4, 0.5) is 5.69 Å². The third-order valence-corrected chi connectivity index (χ3v) is 2.59. The van der Waals surface area contributed by atoms with Gasteiger partial charge < -0.3 is 15.3 Å². The minimum absolute atomic E-state index is 0.0227. The van der Waals surface area contributed by atoms with Crippen LogP contribution in [-0.4, -0.2) is 21.2 Å². The zero-order chi connectivity index (χ0) is 13.3. The molecule has 0 aliphatic rings. The number of hydrogen-bond acceptors (Lipinski definition) is 5. The Balaban J connectivity index is 2.44. The minimum atomic E-state index is -1.18. The van der Waals surface area contributed by atoms with Crippen molar-refractivity contribution in [3.05, 3.63) is 24.1 Å². The van der Waals surface area contributed by atoms with Crippen molar-refractivity contribution in [3.8, 4) is 0 Å². The Hall–Kier alpha value is -2.02. The van der Waals surface area contributed by atoms with Crippen molar-refractivity contribution < 1.29 is 19.1 Å².